The van der Waals surface area contributed by atoms with Crippen molar-refractivity contribution in [3.8, 4) is 0 Å². The third-order valence-corrected chi connectivity index (χ3v) is 4.92. The topological polar surface area (TPSA) is 63.3 Å². The van der Waals surface area contributed by atoms with Crippen LogP contribution in [0, 0.1) is 0 Å². The Kier molecular flexibility index (Phi) is 4.96. The quantitative estimate of drug-likeness (QED) is 0.604. The van der Waals surface area contributed by atoms with Crippen LogP contribution in [0.15, 0.2) is 45.8 Å². The molecule has 6 heteroatoms. The number of halogens is 2. The summed E-state index contributed by atoms with van der Waals surface area (Å²) in [6.07, 6.45) is 0. The van der Waals surface area contributed by atoms with Crippen molar-refractivity contribution in [2.75, 3.05) is 5.73 Å². The average Bonchev–Trinajstić information content (AvgIpc) is 2.38. The van der Waals surface area contributed by atoms with Gasteiger partial charge in [0.2, 0.25) is 0 Å². The Balaban J connectivity index is 2.13. The molecular formula is C14H11BrClNO2S. The average molecular weight is 373 g/mol. The molecule has 0 aromatic heterocycles. The molecule has 0 aliphatic heterocycles. The van der Waals surface area contributed by atoms with Gasteiger partial charge in [0.05, 0.1) is 10.6 Å². The lowest BCUT2D eigenvalue weighted by Crippen LogP contribution is -1.96. The second-order valence-electron chi connectivity index (χ2n) is 4.09. The number of aromatic carboxylic acids is 1. The highest BCUT2D eigenvalue weighted by atomic mass is 79.9. The van der Waals surface area contributed by atoms with Crippen molar-refractivity contribution in [1.82, 2.24) is 0 Å². The molecule has 0 radical (unpaired) electrons. The molecule has 0 unspecified atom stereocenters. The number of carboxylic acid groups (broad SMARTS) is 1. The highest BCUT2D eigenvalue weighted by molar-refractivity contribution is 9.10. The zero-order valence-electron chi connectivity index (χ0n) is 10.3. The molecule has 0 aliphatic rings. The van der Waals surface area contributed by atoms with Crippen LogP contribution < -0.4 is 5.73 Å². The minimum absolute atomic E-state index is 0.260. The Bertz CT molecular complexity index is 664. The molecule has 0 spiro atoms. The first-order chi connectivity index (χ1) is 9.47. The summed E-state index contributed by atoms with van der Waals surface area (Å²) in [5.41, 5.74) is 7.55. The number of hydrogen-bond donors (Lipinski definition) is 2. The molecule has 0 heterocycles. The number of benzene rings is 2. The van der Waals surface area contributed by atoms with Gasteiger partial charge in [-0.2, -0.15) is 0 Å². The van der Waals surface area contributed by atoms with Gasteiger partial charge in [0, 0.05) is 20.8 Å². The maximum atomic E-state index is 10.9. The lowest BCUT2D eigenvalue weighted by molar-refractivity contribution is 0.0697. The number of carboxylic acids is 1. The molecule has 2 aromatic carbocycles. The minimum Gasteiger partial charge on any atom is -0.478 e. The van der Waals surface area contributed by atoms with E-state index in [0.29, 0.717) is 16.5 Å². The van der Waals surface area contributed by atoms with Gasteiger partial charge < -0.3 is 10.8 Å². The molecule has 20 heavy (non-hydrogen) atoms. The van der Waals surface area contributed by atoms with Crippen LogP contribution in [0.5, 0.6) is 0 Å². The summed E-state index contributed by atoms with van der Waals surface area (Å²) in [5.74, 6) is -0.254. The van der Waals surface area contributed by atoms with Crippen molar-refractivity contribution < 1.29 is 9.90 Å². The van der Waals surface area contributed by atoms with Gasteiger partial charge in [-0.1, -0.05) is 33.6 Å². The molecule has 104 valence electrons. The van der Waals surface area contributed by atoms with Crippen LogP contribution in [0.4, 0.5) is 5.69 Å². The molecule has 2 rings (SSSR count). The van der Waals surface area contributed by atoms with Gasteiger partial charge in [-0.15, -0.1) is 11.8 Å². The summed E-state index contributed by atoms with van der Waals surface area (Å²) in [5, 5.41) is 9.53. The first-order valence-electron chi connectivity index (χ1n) is 5.67. The lowest BCUT2D eigenvalue weighted by atomic mass is 10.1. The maximum absolute atomic E-state index is 10.9. The van der Waals surface area contributed by atoms with E-state index in [2.05, 4.69) is 15.9 Å². The van der Waals surface area contributed by atoms with Gasteiger partial charge in [0.1, 0.15) is 0 Å². The summed E-state index contributed by atoms with van der Waals surface area (Å²) in [7, 11) is 0. The molecule has 3 nitrogen and oxygen atoms in total. The Morgan fingerprint density at radius 1 is 1.30 bits per heavy atom. The highest BCUT2D eigenvalue weighted by Crippen LogP contribution is 2.33. The van der Waals surface area contributed by atoms with Crippen LogP contribution in [0.2, 0.25) is 5.02 Å². The molecule has 3 N–H and O–H groups in total. The van der Waals surface area contributed by atoms with E-state index in [1.165, 1.54) is 0 Å². The molecule has 0 fully saturated rings. The van der Waals surface area contributed by atoms with E-state index in [-0.39, 0.29) is 5.56 Å². The van der Waals surface area contributed by atoms with Crippen molar-refractivity contribution in [2.45, 2.75) is 10.6 Å². The SMILES string of the molecule is Nc1ccc(SCc2ccc(C(=O)O)cc2Br)c(Cl)c1. The van der Waals surface area contributed by atoms with Crippen molar-refractivity contribution in [2.24, 2.45) is 0 Å². The zero-order valence-corrected chi connectivity index (χ0v) is 13.4. The third-order valence-electron chi connectivity index (χ3n) is 2.64. The molecule has 0 amide bonds. The number of nitrogens with two attached hydrogens (primary N) is 1. The van der Waals surface area contributed by atoms with Crippen molar-refractivity contribution in [3.63, 3.8) is 0 Å². The van der Waals surface area contributed by atoms with Crippen LogP contribution in [0.25, 0.3) is 0 Å². The van der Waals surface area contributed by atoms with E-state index in [1.54, 1.807) is 42.1 Å². The van der Waals surface area contributed by atoms with E-state index in [4.69, 9.17) is 22.4 Å². The van der Waals surface area contributed by atoms with Gasteiger partial charge in [0.25, 0.3) is 0 Å². The van der Waals surface area contributed by atoms with Crippen molar-refractivity contribution >= 4 is 50.9 Å². The molecule has 0 bridgehead atoms. The zero-order chi connectivity index (χ0) is 14.7. The Hall–Kier alpha value is -1.17. The largest absolute Gasteiger partial charge is 0.478 e. The van der Waals surface area contributed by atoms with Crippen LogP contribution in [0.3, 0.4) is 0 Å². The smallest absolute Gasteiger partial charge is 0.335 e. The fraction of sp³-hybridized carbons (Fsp3) is 0.0714. The van der Waals surface area contributed by atoms with Crippen LogP contribution in [-0.2, 0) is 5.75 Å². The highest BCUT2D eigenvalue weighted by Gasteiger charge is 2.08. The second kappa shape index (κ2) is 6.52. The molecular weight excluding hydrogens is 362 g/mol. The number of hydrogen-bond acceptors (Lipinski definition) is 3. The van der Waals surface area contributed by atoms with E-state index >= 15 is 0 Å². The van der Waals surface area contributed by atoms with Crippen LogP contribution in [-0.4, -0.2) is 11.1 Å². The number of thioether (sulfide) groups is 1. The first-order valence-corrected chi connectivity index (χ1v) is 7.82. The standard InChI is InChI=1S/C14H11BrClNO2S/c15-11-5-8(14(18)19)1-2-9(11)7-20-13-4-3-10(17)6-12(13)16/h1-6H,7,17H2,(H,18,19). The van der Waals surface area contributed by atoms with E-state index in [9.17, 15) is 4.79 Å². The Morgan fingerprint density at radius 3 is 2.65 bits per heavy atom. The number of nitrogen functional groups attached to an aromatic ring is 1. The summed E-state index contributed by atoms with van der Waals surface area (Å²) < 4.78 is 0.775. The lowest BCUT2D eigenvalue weighted by Gasteiger charge is -2.07. The van der Waals surface area contributed by atoms with Gasteiger partial charge in [-0.05, 0) is 35.9 Å². The molecule has 2 aromatic rings. The summed E-state index contributed by atoms with van der Waals surface area (Å²) in [6, 6.07) is 10.4. The molecule has 0 atom stereocenters. The minimum atomic E-state index is -0.938. The second-order valence-corrected chi connectivity index (χ2v) is 6.37. The number of rotatable bonds is 4. The number of anilines is 1. The van der Waals surface area contributed by atoms with E-state index < -0.39 is 5.97 Å². The van der Waals surface area contributed by atoms with Gasteiger partial charge in [-0.25, -0.2) is 4.79 Å². The van der Waals surface area contributed by atoms with E-state index in [0.717, 1.165) is 14.9 Å². The van der Waals surface area contributed by atoms with Gasteiger partial charge in [-0.3, -0.25) is 0 Å². The summed E-state index contributed by atoms with van der Waals surface area (Å²) in [4.78, 5) is 11.8. The Labute approximate surface area is 134 Å². The first kappa shape index (κ1) is 15.2. The van der Waals surface area contributed by atoms with Crippen LogP contribution in [0.1, 0.15) is 15.9 Å². The maximum Gasteiger partial charge on any atom is 0.335 e. The Morgan fingerprint density at radius 2 is 2.05 bits per heavy atom. The molecule has 0 aliphatic carbocycles. The normalized spacial score (nSPS) is 10.5. The fourth-order valence-electron chi connectivity index (χ4n) is 1.59. The van der Waals surface area contributed by atoms with Crippen molar-refractivity contribution in [3.05, 3.63) is 57.0 Å². The monoisotopic (exact) mass is 371 g/mol. The van der Waals surface area contributed by atoms with Gasteiger partial charge >= 0.3 is 5.97 Å². The molecule has 0 saturated carbocycles. The summed E-state index contributed by atoms with van der Waals surface area (Å²) >= 11 is 11.1. The molecule has 0 saturated heterocycles. The van der Waals surface area contributed by atoms with Crippen LogP contribution >= 0.6 is 39.3 Å². The fourth-order valence-corrected chi connectivity index (χ4v) is 3.57. The van der Waals surface area contributed by atoms with Crippen molar-refractivity contribution in [1.29, 1.82) is 0 Å². The number of carbonyl (C=O) groups is 1. The van der Waals surface area contributed by atoms with E-state index in [1.807, 2.05) is 6.07 Å². The van der Waals surface area contributed by atoms with Gasteiger partial charge in [0.15, 0.2) is 0 Å². The third kappa shape index (κ3) is 3.69. The summed E-state index contributed by atoms with van der Waals surface area (Å²) in [6.45, 7) is 0. The predicted octanol–water partition coefficient (Wildman–Crippen LogP) is 4.68. The predicted molar refractivity (Wildman–Crippen MR) is 86.5 cm³/mol.